The van der Waals surface area contributed by atoms with Crippen molar-refractivity contribution in [3.05, 3.63) is 71.3 Å². The van der Waals surface area contributed by atoms with Gasteiger partial charge in [0.25, 0.3) is 0 Å². The summed E-state index contributed by atoms with van der Waals surface area (Å²) in [6.07, 6.45) is 0.985. The van der Waals surface area contributed by atoms with E-state index in [0.29, 0.717) is 0 Å². The molecule has 2 aromatic rings. The maximum Gasteiger partial charge on any atom is 0.191 e. The average molecular weight is 324 g/mol. The van der Waals surface area contributed by atoms with E-state index in [9.17, 15) is 0 Å². The molecule has 2 rings (SSSR count). The molecule has 24 heavy (non-hydrogen) atoms. The van der Waals surface area contributed by atoms with E-state index < -0.39 is 0 Å². The minimum Gasteiger partial charge on any atom is -0.356 e. The number of aliphatic imine (C=N–C) groups is 1. The first-order valence-corrected chi connectivity index (χ1v) is 8.39. The predicted octanol–water partition coefficient (Wildman–Crippen LogP) is 2.66. The Balaban J connectivity index is 1.83. The zero-order chi connectivity index (χ0) is 17.2. The summed E-state index contributed by atoms with van der Waals surface area (Å²) >= 11 is 0. The van der Waals surface area contributed by atoms with Gasteiger partial charge in [-0.25, -0.2) is 0 Å². The summed E-state index contributed by atoms with van der Waals surface area (Å²) in [5.74, 6) is 0.839. The molecule has 0 heterocycles. The van der Waals surface area contributed by atoms with Crippen LogP contribution in [0.1, 0.15) is 16.7 Å². The third-order valence-corrected chi connectivity index (χ3v) is 3.82. The first kappa shape index (κ1) is 18.0. The quantitative estimate of drug-likeness (QED) is 0.607. The standard InChI is InChI=1S/C20H28N4/c1-21-20(22-14-13-17-9-5-4-6-10-17)23-15-18-11-7-8-12-19(18)16-24(2)3/h4-12H,13-16H2,1-3H3,(H2,21,22,23). The number of hydrogen-bond donors (Lipinski definition) is 2. The van der Waals surface area contributed by atoms with Gasteiger partial charge < -0.3 is 15.5 Å². The van der Waals surface area contributed by atoms with Gasteiger partial charge in [-0.05, 0) is 37.2 Å². The van der Waals surface area contributed by atoms with Crippen molar-refractivity contribution in [2.24, 2.45) is 4.99 Å². The lowest BCUT2D eigenvalue weighted by Crippen LogP contribution is -2.38. The molecule has 0 aliphatic rings. The number of rotatable bonds is 7. The Morgan fingerprint density at radius 2 is 1.58 bits per heavy atom. The predicted molar refractivity (Wildman–Crippen MR) is 102 cm³/mol. The summed E-state index contributed by atoms with van der Waals surface area (Å²) in [5.41, 5.74) is 3.98. The maximum atomic E-state index is 4.31. The molecule has 0 atom stereocenters. The summed E-state index contributed by atoms with van der Waals surface area (Å²) in [7, 11) is 5.99. The Labute approximate surface area is 145 Å². The van der Waals surface area contributed by atoms with E-state index >= 15 is 0 Å². The van der Waals surface area contributed by atoms with Crippen molar-refractivity contribution < 1.29 is 0 Å². The molecule has 0 aromatic heterocycles. The highest BCUT2D eigenvalue weighted by Gasteiger charge is 2.04. The van der Waals surface area contributed by atoms with Crippen LogP contribution in [-0.2, 0) is 19.5 Å². The van der Waals surface area contributed by atoms with Crippen molar-refractivity contribution in [3.8, 4) is 0 Å². The van der Waals surface area contributed by atoms with E-state index in [1.807, 2.05) is 13.1 Å². The van der Waals surface area contributed by atoms with Gasteiger partial charge in [-0.1, -0.05) is 54.6 Å². The highest BCUT2D eigenvalue weighted by atomic mass is 15.2. The minimum atomic E-state index is 0.773. The molecule has 4 nitrogen and oxygen atoms in total. The van der Waals surface area contributed by atoms with Gasteiger partial charge in [0, 0.05) is 26.7 Å². The first-order chi connectivity index (χ1) is 11.7. The molecule has 0 aliphatic carbocycles. The molecular weight excluding hydrogens is 296 g/mol. The summed E-state index contributed by atoms with van der Waals surface area (Å²) in [6, 6.07) is 19.0. The van der Waals surface area contributed by atoms with Gasteiger partial charge in [0.1, 0.15) is 0 Å². The second kappa shape index (κ2) is 9.73. The van der Waals surface area contributed by atoms with Crippen molar-refractivity contribution in [1.82, 2.24) is 15.5 Å². The number of benzene rings is 2. The molecule has 0 unspecified atom stereocenters. The van der Waals surface area contributed by atoms with Crippen molar-refractivity contribution in [3.63, 3.8) is 0 Å². The Hall–Kier alpha value is -2.33. The molecule has 0 amide bonds. The molecule has 0 aliphatic heterocycles. The summed E-state index contributed by atoms with van der Waals surface area (Å²) in [5, 5.41) is 6.78. The Morgan fingerprint density at radius 1 is 0.917 bits per heavy atom. The van der Waals surface area contributed by atoms with Crippen LogP contribution in [0.3, 0.4) is 0 Å². The summed E-state index contributed by atoms with van der Waals surface area (Å²) in [6.45, 7) is 2.58. The second-order valence-electron chi connectivity index (χ2n) is 6.09. The summed E-state index contributed by atoms with van der Waals surface area (Å²) < 4.78 is 0. The van der Waals surface area contributed by atoms with Gasteiger partial charge in [-0.15, -0.1) is 0 Å². The van der Waals surface area contributed by atoms with Crippen LogP contribution < -0.4 is 10.6 Å². The van der Waals surface area contributed by atoms with E-state index in [4.69, 9.17) is 0 Å². The monoisotopic (exact) mass is 324 g/mol. The number of guanidine groups is 1. The lowest BCUT2D eigenvalue weighted by atomic mass is 10.1. The Morgan fingerprint density at radius 3 is 2.25 bits per heavy atom. The van der Waals surface area contributed by atoms with Crippen LogP contribution in [-0.4, -0.2) is 38.5 Å². The van der Waals surface area contributed by atoms with Crippen LogP contribution in [0.15, 0.2) is 59.6 Å². The van der Waals surface area contributed by atoms with Crippen molar-refractivity contribution in [2.45, 2.75) is 19.5 Å². The first-order valence-electron chi connectivity index (χ1n) is 8.39. The van der Waals surface area contributed by atoms with Crippen LogP contribution in [0.5, 0.6) is 0 Å². The zero-order valence-corrected chi connectivity index (χ0v) is 14.9. The molecular formula is C20H28N4. The molecule has 0 saturated heterocycles. The smallest absolute Gasteiger partial charge is 0.191 e. The van der Waals surface area contributed by atoms with Crippen LogP contribution in [0.2, 0.25) is 0 Å². The normalized spacial score (nSPS) is 11.6. The molecule has 128 valence electrons. The van der Waals surface area contributed by atoms with E-state index in [2.05, 4.69) is 83.2 Å². The molecule has 0 fully saturated rings. The molecule has 4 heteroatoms. The van der Waals surface area contributed by atoms with Gasteiger partial charge in [0.05, 0.1) is 0 Å². The van der Waals surface area contributed by atoms with E-state index in [0.717, 1.165) is 32.0 Å². The third-order valence-electron chi connectivity index (χ3n) is 3.82. The van der Waals surface area contributed by atoms with Crippen LogP contribution in [0.25, 0.3) is 0 Å². The van der Waals surface area contributed by atoms with Crippen LogP contribution >= 0.6 is 0 Å². The van der Waals surface area contributed by atoms with Crippen molar-refractivity contribution in [1.29, 1.82) is 0 Å². The van der Waals surface area contributed by atoms with Gasteiger partial charge in [-0.3, -0.25) is 4.99 Å². The number of nitrogens with zero attached hydrogens (tertiary/aromatic N) is 2. The number of hydrogen-bond acceptors (Lipinski definition) is 2. The SMILES string of the molecule is CN=C(NCCc1ccccc1)NCc1ccccc1CN(C)C. The fourth-order valence-electron chi connectivity index (χ4n) is 2.59. The largest absolute Gasteiger partial charge is 0.356 e. The van der Waals surface area contributed by atoms with Crippen LogP contribution in [0.4, 0.5) is 0 Å². The van der Waals surface area contributed by atoms with Crippen molar-refractivity contribution >= 4 is 5.96 Å². The average Bonchev–Trinajstić information content (AvgIpc) is 2.59. The second-order valence-corrected chi connectivity index (χ2v) is 6.09. The maximum absolute atomic E-state index is 4.31. The lowest BCUT2D eigenvalue weighted by Gasteiger charge is -2.16. The van der Waals surface area contributed by atoms with Gasteiger partial charge in [-0.2, -0.15) is 0 Å². The minimum absolute atomic E-state index is 0.773. The highest BCUT2D eigenvalue weighted by Crippen LogP contribution is 2.10. The molecule has 0 bridgehead atoms. The third kappa shape index (κ3) is 6.05. The number of nitrogens with one attached hydrogen (secondary N) is 2. The van der Waals surface area contributed by atoms with Gasteiger partial charge >= 0.3 is 0 Å². The van der Waals surface area contributed by atoms with Gasteiger partial charge in [0.2, 0.25) is 0 Å². The Kier molecular flexibility index (Phi) is 7.30. The molecule has 2 N–H and O–H groups in total. The fourth-order valence-corrected chi connectivity index (χ4v) is 2.59. The zero-order valence-electron chi connectivity index (χ0n) is 14.9. The molecule has 0 saturated carbocycles. The summed E-state index contributed by atoms with van der Waals surface area (Å²) in [4.78, 5) is 6.50. The van der Waals surface area contributed by atoms with Crippen molar-refractivity contribution in [2.75, 3.05) is 27.7 Å². The topological polar surface area (TPSA) is 39.7 Å². The molecule has 0 radical (unpaired) electrons. The Bertz CT molecular complexity index is 635. The van der Waals surface area contributed by atoms with E-state index in [1.54, 1.807) is 0 Å². The van der Waals surface area contributed by atoms with E-state index in [1.165, 1.54) is 16.7 Å². The fraction of sp³-hybridized carbons (Fsp3) is 0.350. The van der Waals surface area contributed by atoms with Gasteiger partial charge in [0.15, 0.2) is 5.96 Å². The van der Waals surface area contributed by atoms with Crippen LogP contribution in [0, 0.1) is 0 Å². The lowest BCUT2D eigenvalue weighted by molar-refractivity contribution is 0.400. The molecule has 2 aromatic carbocycles. The van der Waals surface area contributed by atoms with E-state index in [-0.39, 0.29) is 0 Å². The molecule has 0 spiro atoms. The highest BCUT2D eigenvalue weighted by molar-refractivity contribution is 5.79.